The summed E-state index contributed by atoms with van der Waals surface area (Å²) in [5, 5.41) is 0.585. The van der Waals surface area contributed by atoms with E-state index in [0.29, 0.717) is 35.9 Å². The second-order valence-electron chi connectivity index (χ2n) is 6.99. The topological polar surface area (TPSA) is 63.7 Å². The monoisotopic (exact) mass is 421 g/mol. The van der Waals surface area contributed by atoms with Crippen LogP contribution in [-0.2, 0) is 16.4 Å². The predicted molar refractivity (Wildman–Crippen MR) is 111 cm³/mol. The van der Waals surface area contributed by atoms with E-state index in [0.717, 1.165) is 12.0 Å². The van der Waals surface area contributed by atoms with Crippen molar-refractivity contribution in [3.63, 3.8) is 0 Å². The van der Waals surface area contributed by atoms with Crippen molar-refractivity contribution in [2.24, 2.45) is 0 Å². The van der Waals surface area contributed by atoms with Gasteiger partial charge < -0.3 is 9.64 Å². The molecule has 0 bridgehead atoms. The molecule has 28 heavy (non-hydrogen) atoms. The maximum absolute atomic E-state index is 13.2. The molecular weight excluding hydrogens is 398 g/mol. The van der Waals surface area contributed by atoms with Gasteiger partial charge in [-0.15, -0.1) is 0 Å². The SMILES string of the molecule is CCCOc1ccc(C(=O)N(Cc2cccc(Cl)c2)[C@H]2CCS(=O)(=O)C2)cc1. The van der Waals surface area contributed by atoms with Crippen molar-refractivity contribution in [1.29, 1.82) is 0 Å². The van der Waals surface area contributed by atoms with Crippen molar-refractivity contribution in [2.45, 2.75) is 32.4 Å². The van der Waals surface area contributed by atoms with Crippen LogP contribution in [-0.4, -0.2) is 43.4 Å². The lowest BCUT2D eigenvalue weighted by molar-refractivity contribution is 0.0681. The van der Waals surface area contributed by atoms with E-state index in [9.17, 15) is 13.2 Å². The van der Waals surface area contributed by atoms with Crippen molar-refractivity contribution in [3.05, 3.63) is 64.7 Å². The molecule has 3 rings (SSSR count). The van der Waals surface area contributed by atoms with Gasteiger partial charge in [-0.2, -0.15) is 0 Å². The van der Waals surface area contributed by atoms with E-state index < -0.39 is 9.84 Å². The van der Waals surface area contributed by atoms with Crippen molar-refractivity contribution >= 4 is 27.3 Å². The number of halogens is 1. The van der Waals surface area contributed by atoms with Gasteiger partial charge in [-0.25, -0.2) is 8.42 Å². The highest BCUT2D eigenvalue weighted by molar-refractivity contribution is 7.91. The van der Waals surface area contributed by atoms with Crippen molar-refractivity contribution in [1.82, 2.24) is 4.90 Å². The van der Waals surface area contributed by atoms with Gasteiger partial charge in [0.1, 0.15) is 5.75 Å². The van der Waals surface area contributed by atoms with Crippen LogP contribution >= 0.6 is 11.6 Å². The standard InChI is InChI=1S/C21H24ClNO4S/c1-2-11-27-20-8-6-17(7-9-20)21(24)23(19-10-12-28(25,26)15-19)14-16-4-3-5-18(22)13-16/h3-9,13,19H,2,10-12,14-15H2,1H3/t19-/m0/s1. The molecule has 0 aromatic heterocycles. The minimum Gasteiger partial charge on any atom is -0.494 e. The molecule has 1 heterocycles. The Labute approximate surface area is 171 Å². The molecule has 2 aromatic carbocycles. The fourth-order valence-electron chi connectivity index (χ4n) is 3.30. The fourth-order valence-corrected chi connectivity index (χ4v) is 5.24. The fraction of sp³-hybridized carbons (Fsp3) is 0.381. The number of carbonyl (C=O) groups is 1. The van der Waals surface area contributed by atoms with E-state index in [1.807, 2.05) is 19.1 Å². The summed E-state index contributed by atoms with van der Waals surface area (Å²) in [7, 11) is -3.11. The highest BCUT2D eigenvalue weighted by Gasteiger charge is 2.35. The molecule has 2 aromatic rings. The summed E-state index contributed by atoms with van der Waals surface area (Å²) in [6.45, 7) is 2.96. The average Bonchev–Trinajstić information content (AvgIpc) is 3.04. The zero-order valence-electron chi connectivity index (χ0n) is 15.8. The van der Waals surface area contributed by atoms with Crippen molar-refractivity contribution in [3.8, 4) is 5.75 Å². The van der Waals surface area contributed by atoms with Crippen LogP contribution in [0.1, 0.15) is 35.7 Å². The zero-order valence-corrected chi connectivity index (χ0v) is 17.4. The van der Waals surface area contributed by atoms with Crippen LogP contribution in [0.5, 0.6) is 5.75 Å². The molecule has 0 radical (unpaired) electrons. The Hall–Kier alpha value is -2.05. The number of amides is 1. The number of hydrogen-bond acceptors (Lipinski definition) is 4. The van der Waals surface area contributed by atoms with E-state index in [-0.39, 0.29) is 23.5 Å². The lowest BCUT2D eigenvalue weighted by Crippen LogP contribution is -2.40. The third kappa shape index (κ3) is 5.26. The summed E-state index contributed by atoms with van der Waals surface area (Å²) in [4.78, 5) is 14.9. The van der Waals surface area contributed by atoms with E-state index >= 15 is 0 Å². The van der Waals surface area contributed by atoms with Gasteiger partial charge >= 0.3 is 0 Å². The molecule has 7 heteroatoms. The van der Waals surface area contributed by atoms with Crippen molar-refractivity contribution < 1.29 is 17.9 Å². The molecule has 1 saturated heterocycles. The molecule has 0 saturated carbocycles. The summed E-state index contributed by atoms with van der Waals surface area (Å²) < 4.78 is 29.5. The van der Waals surface area contributed by atoms with Crippen LogP contribution in [0.4, 0.5) is 0 Å². The second kappa shape index (κ2) is 8.97. The van der Waals surface area contributed by atoms with Gasteiger partial charge in [0.25, 0.3) is 5.91 Å². The van der Waals surface area contributed by atoms with Gasteiger partial charge in [0.15, 0.2) is 9.84 Å². The smallest absolute Gasteiger partial charge is 0.254 e. The largest absolute Gasteiger partial charge is 0.494 e. The summed E-state index contributed by atoms with van der Waals surface area (Å²) >= 11 is 6.08. The first-order valence-corrected chi connectivity index (χ1v) is 11.6. The molecule has 1 atom stereocenters. The van der Waals surface area contributed by atoms with Gasteiger partial charge in [-0.05, 0) is 54.8 Å². The Morgan fingerprint density at radius 1 is 1.21 bits per heavy atom. The maximum Gasteiger partial charge on any atom is 0.254 e. The average molecular weight is 422 g/mol. The predicted octanol–water partition coefficient (Wildman–Crippen LogP) is 3.96. The van der Waals surface area contributed by atoms with Crippen LogP contribution in [0.2, 0.25) is 5.02 Å². The molecular formula is C21H24ClNO4S. The number of sulfone groups is 1. The second-order valence-corrected chi connectivity index (χ2v) is 9.66. The minimum absolute atomic E-state index is 0.00298. The Kier molecular flexibility index (Phi) is 6.62. The number of rotatable bonds is 7. The summed E-state index contributed by atoms with van der Waals surface area (Å²) in [6.07, 6.45) is 1.36. The molecule has 0 unspecified atom stereocenters. The first-order chi connectivity index (χ1) is 13.4. The van der Waals surface area contributed by atoms with E-state index in [2.05, 4.69) is 0 Å². The first kappa shape index (κ1) is 20.7. The Balaban J connectivity index is 1.84. The number of benzene rings is 2. The third-order valence-electron chi connectivity index (χ3n) is 4.73. The summed E-state index contributed by atoms with van der Waals surface area (Å²) in [5.41, 5.74) is 1.38. The van der Waals surface area contributed by atoms with E-state index in [4.69, 9.17) is 16.3 Å². The molecule has 1 aliphatic heterocycles. The van der Waals surface area contributed by atoms with Gasteiger partial charge in [-0.1, -0.05) is 30.7 Å². The number of hydrogen-bond donors (Lipinski definition) is 0. The zero-order chi connectivity index (χ0) is 20.1. The van der Waals surface area contributed by atoms with E-state index in [1.165, 1.54) is 0 Å². The Morgan fingerprint density at radius 2 is 1.96 bits per heavy atom. The van der Waals surface area contributed by atoms with Crippen molar-refractivity contribution in [2.75, 3.05) is 18.1 Å². The number of ether oxygens (including phenoxy) is 1. The van der Waals surface area contributed by atoms with Gasteiger partial charge in [0, 0.05) is 23.2 Å². The van der Waals surface area contributed by atoms with Gasteiger partial charge in [0.05, 0.1) is 18.1 Å². The molecule has 0 N–H and O–H groups in total. The van der Waals surface area contributed by atoms with E-state index in [1.54, 1.807) is 41.3 Å². The third-order valence-corrected chi connectivity index (χ3v) is 6.71. The summed E-state index contributed by atoms with van der Waals surface area (Å²) in [6, 6.07) is 13.9. The molecule has 0 aliphatic carbocycles. The summed E-state index contributed by atoms with van der Waals surface area (Å²) in [5.74, 6) is 0.630. The van der Waals surface area contributed by atoms with Crippen LogP contribution in [0.3, 0.4) is 0 Å². The molecule has 5 nitrogen and oxygen atoms in total. The highest BCUT2D eigenvalue weighted by atomic mass is 35.5. The minimum atomic E-state index is -3.11. The van der Waals surface area contributed by atoms with Crippen LogP contribution in [0, 0.1) is 0 Å². The number of nitrogens with zero attached hydrogens (tertiary/aromatic N) is 1. The Bertz CT molecular complexity index is 928. The lowest BCUT2D eigenvalue weighted by Gasteiger charge is -2.28. The maximum atomic E-state index is 13.2. The highest BCUT2D eigenvalue weighted by Crippen LogP contribution is 2.24. The van der Waals surface area contributed by atoms with Crippen LogP contribution < -0.4 is 4.74 Å². The first-order valence-electron chi connectivity index (χ1n) is 9.36. The Morgan fingerprint density at radius 3 is 2.57 bits per heavy atom. The van der Waals surface area contributed by atoms with Gasteiger partial charge in [0.2, 0.25) is 0 Å². The van der Waals surface area contributed by atoms with Crippen LogP contribution in [0.15, 0.2) is 48.5 Å². The normalized spacial score (nSPS) is 18.0. The molecule has 150 valence electrons. The quantitative estimate of drug-likeness (QED) is 0.678. The molecule has 0 spiro atoms. The van der Waals surface area contributed by atoms with Gasteiger partial charge in [-0.3, -0.25) is 4.79 Å². The lowest BCUT2D eigenvalue weighted by atomic mass is 10.1. The molecule has 1 fully saturated rings. The van der Waals surface area contributed by atoms with Crippen LogP contribution in [0.25, 0.3) is 0 Å². The molecule has 1 aliphatic rings. The number of carbonyl (C=O) groups excluding carboxylic acids is 1. The molecule has 1 amide bonds.